The van der Waals surface area contributed by atoms with Gasteiger partial charge in [-0.25, -0.2) is 8.42 Å². The predicted octanol–water partition coefficient (Wildman–Crippen LogP) is 3.20. The molecule has 26 heavy (non-hydrogen) atoms. The summed E-state index contributed by atoms with van der Waals surface area (Å²) < 4.78 is 63.3. The van der Waals surface area contributed by atoms with Gasteiger partial charge in [0.25, 0.3) is 5.91 Å². The van der Waals surface area contributed by atoms with Gasteiger partial charge >= 0.3 is 6.18 Å². The van der Waals surface area contributed by atoms with Crippen molar-refractivity contribution in [2.45, 2.75) is 17.5 Å². The molecule has 0 radical (unpaired) electrons. The van der Waals surface area contributed by atoms with Gasteiger partial charge in [0.2, 0.25) is 0 Å². The van der Waals surface area contributed by atoms with Crippen LogP contribution < -0.4 is 4.90 Å². The summed E-state index contributed by atoms with van der Waals surface area (Å²) in [5.41, 5.74) is -0.978. The molecule has 0 saturated carbocycles. The molecule has 5 nitrogen and oxygen atoms in total. The number of amides is 1. The minimum atomic E-state index is -4.68. The van der Waals surface area contributed by atoms with Crippen LogP contribution in [0.2, 0.25) is 5.02 Å². The molecule has 0 N–H and O–H groups in total. The monoisotopic (exact) mass is 446 g/mol. The number of amidine groups is 1. The van der Waals surface area contributed by atoms with Gasteiger partial charge in [0.15, 0.2) is 15.0 Å². The van der Waals surface area contributed by atoms with E-state index >= 15 is 0 Å². The van der Waals surface area contributed by atoms with E-state index in [9.17, 15) is 26.4 Å². The van der Waals surface area contributed by atoms with Crippen LogP contribution in [0.1, 0.15) is 5.56 Å². The molecule has 12 heteroatoms. The summed E-state index contributed by atoms with van der Waals surface area (Å²) in [5, 5.41) is -0.762. The highest BCUT2D eigenvalue weighted by Crippen LogP contribution is 2.43. The first-order valence-electron chi connectivity index (χ1n) is 7.22. The zero-order valence-corrected chi connectivity index (χ0v) is 16.0. The third-order valence-corrected chi connectivity index (χ3v) is 7.70. The number of hydrogen-bond donors (Lipinski definition) is 0. The number of sulfone groups is 1. The van der Waals surface area contributed by atoms with E-state index in [0.717, 1.165) is 23.9 Å². The van der Waals surface area contributed by atoms with Gasteiger partial charge in [0.1, 0.15) is 5.88 Å². The largest absolute Gasteiger partial charge is 0.417 e. The number of nitrogens with zero attached hydrogens (tertiary/aromatic N) is 2. The molecule has 0 aliphatic carbocycles. The third kappa shape index (κ3) is 3.83. The van der Waals surface area contributed by atoms with Crippen LogP contribution in [-0.4, -0.2) is 48.2 Å². The fraction of sp³-hybridized carbons (Fsp3) is 0.429. The Balaban J connectivity index is 2.09. The van der Waals surface area contributed by atoms with Gasteiger partial charge in [-0.05, 0) is 18.2 Å². The van der Waals surface area contributed by atoms with Crippen molar-refractivity contribution in [1.82, 2.24) is 0 Å². The van der Waals surface area contributed by atoms with Crippen molar-refractivity contribution in [3.63, 3.8) is 0 Å². The first kappa shape index (κ1) is 19.8. The molecule has 2 unspecified atom stereocenters. The molecular formula is C14H11Cl2F3N2O3S2. The normalized spacial score (nSPS) is 26.3. The molecule has 3 rings (SSSR count). The highest BCUT2D eigenvalue weighted by Gasteiger charge is 2.49. The maximum atomic E-state index is 13.2. The summed E-state index contributed by atoms with van der Waals surface area (Å²) in [7, 11) is -3.33. The highest BCUT2D eigenvalue weighted by molar-refractivity contribution is 8.16. The minimum Gasteiger partial charge on any atom is -0.316 e. The Morgan fingerprint density at radius 1 is 1.35 bits per heavy atom. The molecule has 0 spiro atoms. The number of carbonyl (C=O) groups is 1. The zero-order valence-electron chi connectivity index (χ0n) is 12.8. The third-order valence-electron chi connectivity index (χ3n) is 3.93. The number of rotatable bonds is 2. The van der Waals surface area contributed by atoms with Gasteiger partial charge < -0.3 is 4.90 Å². The Labute approximate surface area is 161 Å². The van der Waals surface area contributed by atoms with Crippen molar-refractivity contribution >= 4 is 61.6 Å². The second-order valence-electron chi connectivity index (χ2n) is 5.75. The summed E-state index contributed by atoms with van der Waals surface area (Å²) >= 11 is 12.1. The summed E-state index contributed by atoms with van der Waals surface area (Å²) in [6, 6.07) is 2.64. The lowest BCUT2D eigenvalue weighted by Gasteiger charge is -2.25. The first-order chi connectivity index (χ1) is 12.0. The van der Waals surface area contributed by atoms with Crippen LogP contribution in [-0.2, 0) is 20.8 Å². The van der Waals surface area contributed by atoms with Gasteiger partial charge in [0, 0.05) is 10.9 Å². The molecule has 1 amide bonds. The van der Waals surface area contributed by atoms with Crippen LogP contribution in [0.5, 0.6) is 0 Å². The van der Waals surface area contributed by atoms with Crippen molar-refractivity contribution < 1.29 is 26.4 Å². The molecule has 2 saturated heterocycles. The molecular weight excluding hydrogens is 436 g/mol. The number of carbonyl (C=O) groups excluding carboxylic acids is 1. The zero-order chi connectivity index (χ0) is 19.3. The molecule has 2 aliphatic heterocycles. The van der Waals surface area contributed by atoms with Crippen LogP contribution in [0.3, 0.4) is 0 Å². The van der Waals surface area contributed by atoms with E-state index in [1.165, 1.54) is 11.0 Å². The molecule has 0 aromatic heterocycles. The molecule has 2 atom stereocenters. The Kier molecular flexibility index (Phi) is 5.24. The number of halogens is 5. The maximum absolute atomic E-state index is 13.2. The number of thioether (sulfide) groups is 1. The van der Waals surface area contributed by atoms with E-state index in [1.54, 1.807) is 0 Å². The smallest absolute Gasteiger partial charge is 0.316 e. The molecule has 2 heterocycles. The van der Waals surface area contributed by atoms with E-state index < -0.39 is 43.8 Å². The number of fused-ring (bicyclic) bond motifs is 1. The average Bonchev–Trinajstić information content (AvgIpc) is 2.97. The number of hydrogen-bond acceptors (Lipinski definition) is 4. The van der Waals surface area contributed by atoms with Gasteiger partial charge in [-0.2, -0.15) is 18.2 Å². The van der Waals surface area contributed by atoms with E-state index in [2.05, 4.69) is 4.99 Å². The van der Waals surface area contributed by atoms with Gasteiger partial charge in [-0.15, -0.1) is 11.6 Å². The van der Waals surface area contributed by atoms with E-state index in [-0.39, 0.29) is 28.2 Å². The summed E-state index contributed by atoms with van der Waals surface area (Å²) in [6.45, 7) is 0. The fourth-order valence-corrected chi connectivity index (χ4v) is 7.10. The van der Waals surface area contributed by atoms with Gasteiger partial charge in [0.05, 0.1) is 28.1 Å². The second kappa shape index (κ2) is 6.88. The van der Waals surface area contributed by atoms with E-state index in [4.69, 9.17) is 23.2 Å². The fourth-order valence-electron chi connectivity index (χ4n) is 2.88. The number of aliphatic imine (C=N–C) groups is 1. The lowest BCUT2D eigenvalue weighted by molar-refractivity contribution is -0.137. The van der Waals surface area contributed by atoms with Crippen molar-refractivity contribution in [1.29, 1.82) is 0 Å². The highest BCUT2D eigenvalue weighted by atomic mass is 35.5. The molecule has 0 bridgehead atoms. The Hall–Kier alpha value is -0.970. The number of alkyl halides is 4. The van der Waals surface area contributed by atoms with Crippen LogP contribution in [0.15, 0.2) is 23.2 Å². The SMILES string of the molecule is O=C(CCl)N=C1SC2CS(=O)(=O)CC2N1c1ccc(Cl)c(C(F)(F)F)c1. The van der Waals surface area contributed by atoms with Gasteiger partial charge in [-0.3, -0.25) is 4.79 Å². The van der Waals surface area contributed by atoms with Crippen molar-refractivity contribution in [2.24, 2.45) is 4.99 Å². The predicted molar refractivity (Wildman–Crippen MR) is 95.9 cm³/mol. The minimum absolute atomic E-state index is 0.0694. The molecule has 1 aromatic carbocycles. The molecule has 2 fully saturated rings. The average molecular weight is 447 g/mol. The van der Waals surface area contributed by atoms with Crippen molar-refractivity contribution in [3.05, 3.63) is 28.8 Å². The van der Waals surface area contributed by atoms with Gasteiger partial charge in [-0.1, -0.05) is 23.4 Å². The molecule has 142 valence electrons. The van der Waals surface area contributed by atoms with Crippen molar-refractivity contribution in [3.8, 4) is 0 Å². The van der Waals surface area contributed by atoms with E-state index in [1.807, 2.05) is 0 Å². The Morgan fingerprint density at radius 3 is 2.65 bits per heavy atom. The summed E-state index contributed by atoms with van der Waals surface area (Å²) in [5.74, 6) is -1.41. The number of benzene rings is 1. The maximum Gasteiger partial charge on any atom is 0.417 e. The second-order valence-corrected chi connectivity index (χ2v) is 9.79. The van der Waals surface area contributed by atoms with Crippen LogP contribution in [0.25, 0.3) is 0 Å². The molecule has 2 aliphatic rings. The molecule has 1 aromatic rings. The lowest BCUT2D eigenvalue weighted by Crippen LogP contribution is -2.38. The topological polar surface area (TPSA) is 66.8 Å². The van der Waals surface area contributed by atoms with Crippen LogP contribution >= 0.6 is 35.0 Å². The lowest BCUT2D eigenvalue weighted by atomic mass is 10.1. The van der Waals surface area contributed by atoms with Crippen LogP contribution in [0, 0.1) is 0 Å². The summed E-state index contributed by atoms with van der Waals surface area (Å²) in [4.78, 5) is 16.8. The van der Waals surface area contributed by atoms with Crippen molar-refractivity contribution in [2.75, 3.05) is 22.3 Å². The quantitative estimate of drug-likeness (QED) is 0.652. The Bertz CT molecular complexity index is 890. The van der Waals surface area contributed by atoms with Crippen LogP contribution in [0.4, 0.5) is 18.9 Å². The standard InChI is InChI=1S/C14H11Cl2F3N2O3S2/c15-4-12(22)20-13-21(10-5-26(23,24)6-11(10)25-13)7-1-2-9(16)8(3-7)14(17,18)19/h1-3,10-11H,4-6H2. The summed E-state index contributed by atoms with van der Waals surface area (Å²) in [6.07, 6.45) is -4.68. The number of anilines is 1. The first-order valence-corrected chi connectivity index (χ1v) is 10.8. The Morgan fingerprint density at radius 2 is 2.04 bits per heavy atom. The van der Waals surface area contributed by atoms with E-state index in [0.29, 0.717) is 0 Å².